The summed E-state index contributed by atoms with van der Waals surface area (Å²) in [6.45, 7) is 10.9. The monoisotopic (exact) mass is 294 g/mol. The van der Waals surface area contributed by atoms with Crippen molar-refractivity contribution in [3.05, 3.63) is 77.5 Å². The maximum absolute atomic E-state index is 12.5. The summed E-state index contributed by atoms with van der Waals surface area (Å²) in [5, 5.41) is 0.631. The molecule has 1 aromatic heterocycles. The van der Waals surface area contributed by atoms with Gasteiger partial charge in [0, 0.05) is 16.9 Å². The van der Waals surface area contributed by atoms with Gasteiger partial charge in [0.2, 0.25) is 0 Å². The summed E-state index contributed by atoms with van der Waals surface area (Å²) >= 11 is 5.72. The number of aryl methyl sites for hydroxylation is 1. The normalized spacial score (nSPS) is 11.4. The van der Waals surface area contributed by atoms with Crippen LogP contribution in [-0.4, -0.2) is 4.98 Å². The molecule has 4 heteroatoms. The number of rotatable bonds is 4. The second-order valence-electron chi connectivity index (χ2n) is 3.79. The van der Waals surface area contributed by atoms with E-state index < -0.39 is 0 Å². The molecule has 0 radical (unpaired) electrons. The lowest BCUT2D eigenvalue weighted by Gasteiger charge is -1.98. The summed E-state index contributed by atoms with van der Waals surface area (Å²) < 4.78 is 12.5. The zero-order chi connectivity index (χ0) is 15.5. The number of aromatic nitrogens is 1. The number of hydrogen-bond donors (Lipinski definition) is 1. The van der Waals surface area contributed by atoms with Gasteiger partial charge in [-0.3, -0.25) is 4.98 Å². The summed E-state index contributed by atoms with van der Waals surface area (Å²) in [6, 6.07) is 3.01. The number of hydrogen-bond acceptors (Lipinski definition) is 2. The van der Waals surface area contributed by atoms with Gasteiger partial charge in [-0.15, -0.1) is 0 Å². The quantitative estimate of drug-likeness (QED) is 0.831. The standard InChI is InChI=1S/C9H12ClN.C7H8FN/c1-4-8(7(3)11)6-9(10)5-2;1-2-7-6(8)4-3-5-9-7/h4-6H,1,3,11H2,2H3;3-5H,2H2,1H3/b8-6-,9-5+;. The Kier molecular flexibility index (Phi) is 9.05. The largest absolute Gasteiger partial charge is 0.399 e. The van der Waals surface area contributed by atoms with Crippen LogP contribution in [0.25, 0.3) is 0 Å². The molecule has 0 aliphatic heterocycles. The van der Waals surface area contributed by atoms with Crippen LogP contribution in [0.15, 0.2) is 66.0 Å². The maximum Gasteiger partial charge on any atom is 0.144 e. The van der Waals surface area contributed by atoms with Gasteiger partial charge in [-0.25, -0.2) is 4.39 Å². The number of pyridine rings is 1. The zero-order valence-corrected chi connectivity index (χ0v) is 12.6. The van der Waals surface area contributed by atoms with E-state index in [2.05, 4.69) is 18.1 Å². The molecule has 1 aromatic rings. The summed E-state index contributed by atoms with van der Waals surface area (Å²) in [5.41, 5.74) is 7.20. The molecule has 108 valence electrons. The first-order chi connectivity index (χ1) is 9.46. The van der Waals surface area contributed by atoms with E-state index in [1.807, 2.05) is 13.8 Å². The zero-order valence-electron chi connectivity index (χ0n) is 11.9. The number of allylic oxidation sites excluding steroid dienone is 4. The molecule has 0 aliphatic carbocycles. The third-order valence-electron chi connectivity index (χ3n) is 2.33. The Labute approximate surface area is 125 Å². The molecule has 0 aromatic carbocycles. The van der Waals surface area contributed by atoms with E-state index in [-0.39, 0.29) is 5.82 Å². The molecule has 1 heterocycles. The van der Waals surface area contributed by atoms with Gasteiger partial charge < -0.3 is 5.73 Å². The average Bonchev–Trinajstić information content (AvgIpc) is 2.45. The molecule has 0 amide bonds. The van der Waals surface area contributed by atoms with Crippen LogP contribution < -0.4 is 5.73 Å². The van der Waals surface area contributed by atoms with E-state index in [0.717, 1.165) is 5.57 Å². The molecule has 0 spiro atoms. The molecule has 0 fully saturated rings. The van der Waals surface area contributed by atoms with Gasteiger partial charge in [-0.2, -0.15) is 0 Å². The highest BCUT2D eigenvalue weighted by Crippen LogP contribution is 2.10. The van der Waals surface area contributed by atoms with Crippen LogP contribution >= 0.6 is 11.6 Å². The Hall–Kier alpha value is -1.87. The minimum Gasteiger partial charge on any atom is -0.399 e. The maximum atomic E-state index is 12.5. The van der Waals surface area contributed by atoms with Crippen LogP contribution in [0.1, 0.15) is 19.5 Å². The Morgan fingerprint density at radius 3 is 2.55 bits per heavy atom. The predicted molar refractivity (Wildman–Crippen MR) is 84.8 cm³/mol. The molecule has 2 nitrogen and oxygen atoms in total. The highest BCUT2D eigenvalue weighted by Gasteiger charge is 1.95. The summed E-state index contributed by atoms with van der Waals surface area (Å²) in [5.74, 6) is -0.208. The van der Waals surface area contributed by atoms with Crippen molar-refractivity contribution in [2.45, 2.75) is 20.3 Å². The summed E-state index contributed by atoms with van der Waals surface area (Å²) in [7, 11) is 0. The van der Waals surface area contributed by atoms with E-state index in [1.165, 1.54) is 6.07 Å². The van der Waals surface area contributed by atoms with E-state index in [0.29, 0.717) is 22.8 Å². The lowest BCUT2D eigenvalue weighted by Crippen LogP contribution is -1.96. The van der Waals surface area contributed by atoms with Crippen molar-refractivity contribution in [1.82, 2.24) is 4.98 Å². The third-order valence-corrected chi connectivity index (χ3v) is 2.66. The first-order valence-corrected chi connectivity index (χ1v) is 6.54. The van der Waals surface area contributed by atoms with Crippen molar-refractivity contribution >= 4 is 11.6 Å². The topological polar surface area (TPSA) is 38.9 Å². The van der Waals surface area contributed by atoms with Gasteiger partial charge in [0.15, 0.2) is 0 Å². The van der Waals surface area contributed by atoms with E-state index in [1.54, 1.807) is 30.5 Å². The summed E-state index contributed by atoms with van der Waals surface area (Å²) in [6.07, 6.45) is 7.37. The Balaban J connectivity index is 0.000000367. The van der Waals surface area contributed by atoms with Gasteiger partial charge in [0.05, 0.1) is 5.69 Å². The summed E-state index contributed by atoms with van der Waals surface area (Å²) in [4.78, 5) is 3.82. The molecule has 20 heavy (non-hydrogen) atoms. The van der Waals surface area contributed by atoms with Crippen molar-refractivity contribution in [3.8, 4) is 0 Å². The van der Waals surface area contributed by atoms with Crippen molar-refractivity contribution in [3.63, 3.8) is 0 Å². The van der Waals surface area contributed by atoms with Crippen molar-refractivity contribution < 1.29 is 4.39 Å². The molecule has 0 saturated heterocycles. The van der Waals surface area contributed by atoms with Gasteiger partial charge in [-0.05, 0) is 37.1 Å². The molecular weight excluding hydrogens is 275 g/mol. The first kappa shape index (κ1) is 18.1. The lowest BCUT2D eigenvalue weighted by atomic mass is 10.2. The number of nitrogens with two attached hydrogens (primary N) is 1. The fourth-order valence-corrected chi connectivity index (χ4v) is 1.31. The van der Waals surface area contributed by atoms with Gasteiger partial charge in [0.25, 0.3) is 0 Å². The van der Waals surface area contributed by atoms with Gasteiger partial charge in [0.1, 0.15) is 5.82 Å². The molecule has 0 atom stereocenters. The Morgan fingerprint density at radius 2 is 2.20 bits per heavy atom. The smallest absolute Gasteiger partial charge is 0.144 e. The molecule has 2 N–H and O–H groups in total. The minimum atomic E-state index is -0.208. The predicted octanol–water partition coefficient (Wildman–Crippen LogP) is 4.50. The van der Waals surface area contributed by atoms with Crippen molar-refractivity contribution in [2.75, 3.05) is 0 Å². The Morgan fingerprint density at radius 1 is 1.55 bits per heavy atom. The highest BCUT2D eigenvalue weighted by molar-refractivity contribution is 6.31. The molecule has 0 bridgehead atoms. The second-order valence-corrected chi connectivity index (χ2v) is 4.22. The Bertz CT molecular complexity index is 519. The fraction of sp³-hybridized carbons (Fsp3) is 0.188. The lowest BCUT2D eigenvalue weighted by molar-refractivity contribution is 0.602. The third kappa shape index (κ3) is 6.90. The van der Waals surface area contributed by atoms with Crippen LogP contribution in [0, 0.1) is 5.82 Å². The second kappa shape index (κ2) is 9.98. The first-order valence-electron chi connectivity index (χ1n) is 6.16. The van der Waals surface area contributed by atoms with Crippen LogP contribution in [-0.2, 0) is 6.42 Å². The number of halogens is 2. The molecule has 0 saturated carbocycles. The highest BCUT2D eigenvalue weighted by atomic mass is 35.5. The van der Waals surface area contributed by atoms with Crippen LogP contribution in [0.2, 0.25) is 0 Å². The van der Waals surface area contributed by atoms with Crippen molar-refractivity contribution in [2.24, 2.45) is 5.73 Å². The average molecular weight is 295 g/mol. The van der Waals surface area contributed by atoms with Gasteiger partial charge >= 0.3 is 0 Å². The number of nitrogens with zero attached hydrogens (tertiary/aromatic N) is 1. The van der Waals surface area contributed by atoms with Crippen LogP contribution in [0.5, 0.6) is 0 Å². The molecular formula is C16H20ClFN2. The molecule has 1 rings (SSSR count). The van der Waals surface area contributed by atoms with Crippen LogP contribution in [0.4, 0.5) is 4.39 Å². The minimum absolute atomic E-state index is 0.208. The SMILES string of the molecule is C=C/C(=C/C(Cl)=C\C)C(=C)N.CCc1ncccc1F. The molecule has 0 aliphatic rings. The van der Waals surface area contributed by atoms with E-state index in [9.17, 15) is 4.39 Å². The van der Waals surface area contributed by atoms with Gasteiger partial charge in [-0.1, -0.05) is 43.8 Å². The van der Waals surface area contributed by atoms with Crippen LogP contribution in [0.3, 0.4) is 0 Å². The van der Waals surface area contributed by atoms with E-state index >= 15 is 0 Å². The van der Waals surface area contributed by atoms with E-state index in [4.69, 9.17) is 17.3 Å². The van der Waals surface area contributed by atoms with Crippen molar-refractivity contribution in [1.29, 1.82) is 0 Å². The molecule has 0 unspecified atom stereocenters. The fourth-order valence-electron chi connectivity index (χ4n) is 1.19.